The molecule has 2 aliphatic rings. The highest BCUT2D eigenvalue weighted by molar-refractivity contribution is 5.87. The van der Waals surface area contributed by atoms with Crippen molar-refractivity contribution < 1.29 is 4.79 Å². The number of carbonyl (C=O) groups is 1. The van der Waals surface area contributed by atoms with Gasteiger partial charge in [0.1, 0.15) is 17.8 Å². The molecule has 2 saturated heterocycles. The zero-order valence-electron chi connectivity index (χ0n) is 16.5. The number of aromatic nitrogens is 4. The maximum Gasteiger partial charge on any atom is 0.222 e. The van der Waals surface area contributed by atoms with Gasteiger partial charge in [-0.05, 0) is 42.9 Å². The Morgan fingerprint density at radius 3 is 2.79 bits per heavy atom. The van der Waals surface area contributed by atoms with Gasteiger partial charge in [-0.15, -0.1) is 0 Å². The molecule has 7 nitrogen and oxygen atoms in total. The molecular formula is C22H26N6O. The van der Waals surface area contributed by atoms with Crippen LogP contribution in [0.4, 0.5) is 5.82 Å². The van der Waals surface area contributed by atoms with Crippen LogP contribution in [-0.4, -0.2) is 56.9 Å². The molecule has 5 rings (SSSR count). The fourth-order valence-electron chi connectivity index (χ4n) is 4.81. The van der Waals surface area contributed by atoms with Crippen molar-refractivity contribution in [1.82, 2.24) is 24.8 Å². The summed E-state index contributed by atoms with van der Waals surface area (Å²) in [6.45, 7) is 3.58. The van der Waals surface area contributed by atoms with E-state index in [-0.39, 0.29) is 5.41 Å². The van der Waals surface area contributed by atoms with Gasteiger partial charge in [0.2, 0.25) is 5.91 Å². The quantitative estimate of drug-likeness (QED) is 0.741. The van der Waals surface area contributed by atoms with Crippen molar-refractivity contribution in [1.29, 1.82) is 0 Å². The molecule has 0 atom stereocenters. The summed E-state index contributed by atoms with van der Waals surface area (Å²) in [5, 5.41) is 1.08. The zero-order chi connectivity index (χ0) is 19.7. The number of piperidine rings is 2. The van der Waals surface area contributed by atoms with E-state index < -0.39 is 0 Å². The Kier molecular flexibility index (Phi) is 4.66. The number of nitrogens with zero attached hydrogens (tertiary/aromatic N) is 5. The molecule has 29 heavy (non-hydrogen) atoms. The average Bonchev–Trinajstić information content (AvgIpc) is 3.25. The van der Waals surface area contributed by atoms with Crippen molar-refractivity contribution in [3.8, 4) is 0 Å². The highest BCUT2D eigenvalue weighted by atomic mass is 16.2. The van der Waals surface area contributed by atoms with Crippen LogP contribution in [0, 0.1) is 5.41 Å². The van der Waals surface area contributed by atoms with Crippen molar-refractivity contribution in [3.63, 3.8) is 0 Å². The average molecular weight is 390 g/mol. The Bertz CT molecular complexity index is 993. The smallest absolute Gasteiger partial charge is 0.222 e. The van der Waals surface area contributed by atoms with Gasteiger partial charge in [0.25, 0.3) is 0 Å². The number of nitrogens with one attached hydrogen (secondary N) is 1. The number of rotatable bonds is 4. The highest BCUT2D eigenvalue weighted by Crippen LogP contribution is 2.41. The van der Waals surface area contributed by atoms with Gasteiger partial charge in [-0.3, -0.25) is 9.78 Å². The van der Waals surface area contributed by atoms with Crippen molar-refractivity contribution in [3.05, 3.63) is 48.7 Å². The van der Waals surface area contributed by atoms with Gasteiger partial charge >= 0.3 is 0 Å². The third-order valence-corrected chi connectivity index (χ3v) is 6.57. The molecule has 5 heterocycles. The van der Waals surface area contributed by atoms with E-state index in [0.29, 0.717) is 12.3 Å². The molecule has 0 aromatic carbocycles. The van der Waals surface area contributed by atoms with Crippen LogP contribution in [0.3, 0.4) is 0 Å². The second kappa shape index (κ2) is 7.46. The molecule has 3 aromatic heterocycles. The van der Waals surface area contributed by atoms with E-state index in [1.165, 1.54) is 0 Å². The van der Waals surface area contributed by atoms with Gasteiger partial charge in [-0.1, -0.05) is 6.07 Å². The van der Waals surface area contributed by atoms with E-state index in [0.717, 1.165) is 74.4 Å². The van der Waals surface area contributed by atoms with E-state index in [2.05, 4.69) is 29.7 Å². The summed E-state index contributed by atoms with van der Waals surface area (Å²) >= 11 is 0. The first kappa shape index (κ1) is 18.1. The number of carbonyl (C=O) groups excluding carboxylic acids is 1. The summed E-state index contributed by atoms with van der Waals surface area (Å²) in [6, 6.07) is 8.02. The number of amides is 1. The van der Waals surface area contributed by atoms with Gasteiger partial charge in [0.05, 0.1) is 5.39 Å². The van der Waals surface area contributed by atoms with Gasteiger partial charge in [-0.25, -0.2) is 9.97 Å². The SMILES string of the molecule is O=C1CCC2(CCN(c3ncnc4[nH]ccc34)CC2)CN1CCc1ccccn1. The lowest BCUT2D eigenvalue weighted by Gasteiger charge is -2.47. The molecule has 1 spiro atoms. The van der Waals surface area contributed by atoms with Crippen LogP contribution in [0.5, 0.6) is 0 Å². The molecule has 0 unspecified atom stereocenters. The molecule has 0 bridgehead atoms. The number of aromatic amines is 1. The molecule has 2 aliphatic heterocycles. The normalized spacial score (nSPS) is 19.2. The van der Waals surface area contributed by atoms with Crippen LogP contribution < -0.4 is 4.90 Å². The van der Waals surface area contributed by atoms with Crippen molar-refractivity contribution in [2.24, 2.45) is 5.41 Å². The lowest BCUT2D eigenvalue weighted by atomic mass is 9.72. The highest BCUT2D eigenvalue weighted by Gasteiger charge is 2.41. The number of hydrogen-bond donors (Lipinski definition) is 1. The summed E-state index contributed by atoms with van der Waals surface area (Å²) in [4.78, 5) is 33.4. The van der Waals surface area contributed by atoms with Crippen LogP contribution >= 0.6 is 0 Å². The molecule has 0 aliphatic carbocycles. The summed E-state index contributed by atoms with van der Waals surface area (Å²) in [7, 11) is 0. The number of likely N-dealkylation sites (tertiary alicyclic amines) is 1. The number of H-pyrrole nitrogens is 1. The predicted octanol–water partition coefficient (Wildman–Crippen LogP) is 2.80. The van der Waals surface area contributed by atoms with E-state index in [1.807, 2.05) is 36.7 Å². The molecule has 1 amide bonds. The Morgan fingerprint density at radius 2 is 1.97 bits per heavy atom. The standard InChI is InChI=1S/C22H26N6O/c29-19-4-7-22(15-28(19)12-6-17-3-1-2-10-23-17)8-13-27(14-9-22)21-18-5-11-24-20(18)25-16-26-21/h1-3,5,10-11,16H,4,6-9,12-15H2,(H,24,25,26). The van der Waals surface area contributed by atoms with E-state index in [9.17, 15) is 4.79 Å². The Labute approximate surface area is 170 Å². The minimum absolute atomic E-state index is 0.235. The third kappa shape index (κ3) is 3.57. The van der Waals surface area contributed by atoms with Gasteiger partial charge in [0, 0.05) is 57.1 Å². The van der Waals surface area contributed by atoms with Gasteiger partial charge in [-0.2, -0.15) is 0 Å². The maximum atomic E-state index is 12.5. The maximum absolute atomic E-state index is 12.5. The Morgan fingerprint density at radius 1 is 1.07 bits per heavy atom. The molecule has 150 valence electrons. The molecule has 3 aromatic rings. The molecule has 0 saturated carbocycles. The number of anilines is 1. The number of pyridine rings is 1. The topological polar surface area (TPSA) is 78.0 Å². The van der Waals surface area contributed by atoms with E-state index in [4.69, 9.17) is 0 Å². The Hall–Kier alpha value is -2.96. The molecule has 7 heteroatoms. The predicted molar refractivity (Wildman–Crippen MR) is 112 cm³/mol. The van der Waals surface area contributed by atoms with Crippen LogP contribution in [-0.2, 0) is 11.2 Å². The van der Waals surface area contributed by atoms with Crippen LogP contribution in [0.15, 0.2) is 43.0 Å². The first-order valence-corrected chi connectivity index (χ1v) is 10.4. The number of hydrogen-bond acceptors (Lipinski definition) is 5. The summed E-state index contributed by atoms with van der Waals surface area (Å²) < 4.78 is 0. The third-order valence-electron chi connectivity index (χ3n) is 6.57. The summed E-state index contributed by atoms with van der Waals surface area (Å²) in [6.07, 6.45) is 10.0. The fourth-order valence-corrected chi connectivity index (χ4v) is 4.81. The summed E-state index contributed by atoms with van der Waals surface area (Å²) in [5.41, 5.74) is 2.17. The lowest BCUT2D eigenvalue weighted by molar-refractivity contribution is -0.138. The first-order chi connectivity index (χ1) is 14.2. The van der Waals surface area contributed by atoms with E-state index >= 15 is 0 Å². The molecule has 1 N–H and O–H groups in total. The lowest BCUT2D eigenvalue weighted by Crippen LogP contribution is -2.52. The second-order valence-electron chi connectivity index (χ2n) is 8.31. The zero-order valence-corrected chi connectivity index (χ0v) is 16.5. The fraction of sp³-hybridized carbons (Fsp3) is 0.455. The Balaban J connectivity index is 1.25. The largest absolute Gasteiger partial charge is 0.356 e. The molecular weight excluding hydrogens is 364 g/mol. The van der Waals surface area contributed by atoms with Crippen LogP contribution in [0.1, 0.15) is 31.4 Å². The van der Waals surface area contributed by atoms with Gasteiger partial charge < -0.3 is 14.8 Å². The van der Waals surface area contributed by atoms with Crippen molar-refractivity contribution >= 4 is 22.8 Å². The summed E-state index contributed by atoms with van der Waals surface area (Å²) in [5.74, 6) is 1.31. The van der Waals surface area contributed by atoms with Crippen LogP contribution in [0.2, 0.25) is 0 Å². The van der Waals surface area contributed by atoms with Gasteiger partial charge in [0.15, 0.2) is 0 Å². The number of fused-ring (bicyclic) bond motifs is 1. The molecule has 2 fully saturated rings. The van der Waals surface area contributed by atoms with E-state index in [1.54, 1.807) is 6.33 Å². The molecule has 0 radical (unpaired) electrons. The van der Waals surface area contributed by atoms with Crippen molar-refractivity contribution in [2.45, 2.75) is 32.1 Å². The second-order valence-corrected chi connectivity index (χ2v) is 8.31. The first-order valence-electron chi connectivity index (χ1n) is 10.4. The minimum atomic E-state index is 0.235. The monoisotopic (exact) mass is 390 g/mol. The minimum Gasteiger partial charge on any atom is -0.356 e. The van der Waals surface area contributed by atoms with Crippen LogP contribution in [0.25, 0.3) is 11.0 Å². The van der Waals surface area contributed by atoms with Crippen molar-refractivity contribution in [2.75, 3.05) is 31.1 Å².